The highest BCUT2D eigenvalue weighted by atomic mass is 32.2. The van der Waals surface area contributed by atoms with Crippen molar-refractivity contribution in [3.63, 3.8) is 0 Å². The topological polar surface area (TPSA) is 113 Å². The molecule has 1 heterocycles. The van der Waals surface area contributed by atoms with Crippen LogP contribution in [0, 0.1) is 0 Å². The highest BCUT2D eigenvalue weighted by Gasteiger charge is 2.44. The van der Waals surface area contributed by atoms with Crippen LogP contribution >= 0.6 is 0 Å². The number of carbonyl (C=O) groups excluding carboxylic acids is 1. The molecule has 0 aromatic heterocycles. The summed E-state index contributed by atoms with van der Waals surface area (Å²) < 4.78 is 30.6. The van der Waals surface area contributed by atoms with E-state index in [0.717, 1.165) is 4.31 Å². The van der Waals surface area contributed by atoms with E-state index in [4.69, 9.17) is 4.74 Å². The van der Waals surface area contributed by atoms with Gasteiger partial charge in [0.05, 0.1) is 18.0 Å². The maximum Gasteiger partial charge on any atom is 0.331 e. The highest BCUT2D eigenvalue weighted by molar-refractivity contribution is 7.89. The fourth-order valence-corrected chi connectivity index (χ4v) is 3.40. The van der Waals surface area contributed by atoms with Gasteiger partial charge in [0.1, 0.15) is 0 Å². The van der Waals surface area contributed by atoms with Gasteiger partial charge in [-0.2, -0.15) is 4.31 Å². The zero-order valence-corrected chi connectivity index (χ0v) is 13.4. The SMILES string of the molecule is CN(CC(=O)NC1(C(=O)O)CCOC1)S(=O)(=O)c1ccccc1. The first-order valence-electron chi connectivity index (χ1n) is 6.91. The van der Waals surface area contributed by atoms with E-state index >= 15 is 0 Å². The smallest absolute Gasteiger partial charge is 0.331 e. The number of ether oxygens (including phenoxy) is 1. The van der Waals surface area contributed by atoms with Crippen LogP contribution in [0.15, 0.2) is 35.2 Å². The molecule has 0 radical (unpaired) electrons. The molecule has 1 aliphatic heterocycles. The Bertz CT molecular complexity index is 682. The molecule has 1 unspecified atom stereocenters. The largest absolute Gasteiger partial charge is 0.479 e. The molecule has 0 aliphatic carbocycles. The molecule has 1 fully saturated rings. The number of likely N-dealkylation sites (N-methyl/N-ethyl adjacent to an activating group) is 1. The summed E-state index contributed by atoms with van der Waals surface area (Å²) in [7, 11) is -2.55. The number of aliphatic carboxylic acids is 1. The van der Waals surface area contributed by atoms with Crippen molar-refractivity contribution in [1.29, 1.82) is 0 Å². The van der Waals surface area contributed by atoms with E-state index < -0.39 is 34.0 Å². The molecule has 1 aromatic carbocycles. The average Bonchev–Trinajstić information content (AvgIpc) is 2.97. The summed E-state index contributed by atoms with van der Waals surface area (Å²) in [5.41, 5.74) is -1.49. The number of hydrogen-bond donors (Lipinski definition) is 2. The van der Waals surface area contributed by atoms with Crippen LogP contribution in [0.5, 0.6) is 0 Å². The molecule has 1 atom stereocenters. The molecule has 2 N–H and O–H groups in total. The van der Waals surface area contributed by atoms with Gasteiger partial charge < -0.3 is 15.2 Å². The lowest BCUT2D eigenvalue weighted by Crippen LogP contribution is -2.57. The van der Waals surface area contributed by atoms with Gasteiger partial charge in [0.15, 0.2) is 5.54 Å². The number of rotatable bonds is 6. The number of sulfonamides is 1. The van der Waals surface area contributed by atoms with Crippen LogP contribution in [-0.4, -0.2) is 62.1 Å². The molecule has 126 valence electrons. The average molecular weight is 342 g/mol. The van der Waals surface area contributed by atoms with E-state index in [0.29, 0.717) is 0 Å². The quantitative estimate of drug-likeness (QED) is 0.732. The zero-order chi connectivity index (χ0) is 17.1. The predicted octanol–water partition coefficient (Wildman–Crippen LogP) is -0.333. The molecule has 1 amide bonds. The van der Waals surface area contributed by atoms with E-state index in [1.165, 1.54) is 19.2 Å². The maximum atomic E-state index is 12.3. The van der Waals surface area contributed by atoms with E-state index in [1.807, 2.05) is 0 Å². The van der Waals surface area contributed by atoms with Gasteiger partial charge in [0.2, 0.25) is 15.9 Å². The van der Waals surface area contributed by atoms with Crippen LogP contribution in [0.25, 0.3) is 0 Å². The lowest BCUT2D eigenvalue weighted by molar-refractivity contribution is -0.147. The van der Waals surface area contributed by atoms with E-state index in [-0.39, 0.29) is 24.5 Å². The normalized spacial score (nSPS) is 21.3. The summed E-state index contributed by atoms with van der Waals surface area (Å²) in [6.07, 6.45) is 0.142. The van der Waals surface area contributed by atoms with Crippen LogP contribution in [0.2, 0.25) is 0 Å². The highest BCUT2D eigenvalue weighted by Crippen LogP contribution is 2.19. The van der Waals surface area contributed by atoms with Crippen LogP contribution < -0.4 is 5.32 Å². The molecule has 0 spiro atoms. The third kappa shape index (κ3) is 3.69. The van der Waals surface area contributed by atoms with Gasteiger partial charge in [0.25, 0.3) is 0 Å². The Labute approximate surface area is 134 Å². The molecular formula is C14H18N2O6S. The monoisotopic (exact) mass is 342 g/mol. The fraction of sp³-hybridized carbons (Fsp3) is 0.429. The summed E-state index contributed by atoms with van der Waals surface area (Å²) in [6.45, 7) is -0.389. The third-order valence-corrected chi connectivity index (χ3v) is 5.44. The Kier molecular flexibility index (Phi) is 5.03. The van der Waals surface area contributed by atoms with Crippen molar-refractivity contribution in [2.24, 2.45) is 0 Å². The van der Waals surface area contributed by atoms with Gasteiger partial charge in [-0.25, -0.2) is 13.2 Å². The Morgan fingerprint density at radius 1 is 1.35 bits per heavy atom. The summed E-state index contributed by atoms with van der Waals surface area (Å²) in [6, 6.07) is 7.69. The van der Waals surface area contributed by atoms with Crippen molar-refractivity contribution in [2.75, 3.05) is 26.8 Å². The van der Waals surface area contributed by atoms with Gasteiger partial charge in [-0.1, -0.05) is 18.2 Å². The van der Waals surface area contributed by atoms with Crippen LogP contribution in [-0.2, 0) is 24.3 Å². The molecular weight excluding hydrogens is 324 g/mol. The van der Waals surface area contributed by atoms with E-state index in [1.54, 1.807) is 18.2 Å². The zero-order valence-electron chi connectivity index (χ0n) is 12.6. The predicted molar refractivity (Wildman–Crippen MR) is 80.2 cm³/mol. The number of nitrogens with one attached hydrogen (secondary N) is 1. The lowest BCUT2D eigenvalue weighted by Gasteiger charge is -2.25. The van der Waals surface area contributed by atoms with Crippen molar-refractivity contribution in [3.8, 4) is 0 Å². The van der Waals surface area contributed by atoms with Crippen molar-refractivity contribution in [1.82, 2.24) is 9.62 Å². The number of nitrogens with zero attached hydrogens (tertiary/aromatic N) is 1. The summed E-state index contributed by atoms with van der Waals surface area (Å²) in [5.74, 6) is -1.89. The van der Waals surface area contributed by atoms with Gasteiger partial charge in [-0.05, 0) is 12.1 Å². The first-order valence-corrected chi connectivity index (χ1v) is 8.35. The summed E-state index contributed by atoms with van der Waals surface area (Å²) in [5, 5.41) is 11.6. The third-order valence-electron chi connectivity index (χ3n) is 3.63. The van der Waals surface area contributed by atoms with Gasteiger partial charge in [0, 0.05) is 20.1 Å². The summed E-state index contributed by atoms with van der Waals surface area (Å²) in [4.78, 5) is 23.5. The Morgan fingerprint density at radius 2 is 2.00 bits per heavy atom. The van der Waals surface area contributed by atoms with Gasteiger partial charge >= 0.3 is 5.97 Å². The summed E-state index contributed by atoms with van der Waals surface area (Å²) >= 11 is 0. The minimum absolute atomic E-state index is 0.0625. The molecule has 1 aromatic rings. The molecule has 23 heavy (non-hydrogen) atoms. The minimum Gasteiger partial charge on any atom is -0.479 e. The number of carbonyl (C=O) groups is 2. The molecule has 0 bridgehead atoms. The number of carboxylic acid groups (broad SMARTS) is 1. The second-order valence-electron chi connectivity index (χ2n) is 5.31. The number of amides is 1. The van der Waals surface area contributed by atoms with Crippen LogP contribution in [0.3, 0.4) is 0 Å². The second-order valence-corrected chi connectivity index (χ2v) is 7.36. The molecule has 0 saturated carbocycles. The number of carboxylic acids is 1. The maximum absolute atomic E-state index is 12.3. The van der Waals surface area contributed by atoms with Crippen LogP contribution in [0.4, 0.5) is 0 Å². The van der Waals surface area contributed by atoms with E-state index in [9.17, 15) is 23.1 Å². The Morgan fingerprint density at radius 3 is 2.52 bits per heavy atom. The standard InChI is InChI=1S/C14H18N2O6S/c1-16(23(20,21)11-5-3-2-4-6-11)9-12(17)15-14(13(18)19)7-8-22-10-14/h2-6H,7-10H2,1H3,(H,15,17)(H,18,19). The molecule has 1 aliphatic rings. The Hall–Kier alpha value is -1.97. The molecule has 2 rings (SSSR count). The first kappa shape index (κ1) is 17.4. The second kappa shape index (κ2) is 6.65. The van der Waals surface area contributed by atoms with Crippen molar-refractivity contribution in [3.05, 3.63) is 30.3 Å². The van der Waals surface area contributed by atoms with Crippen molar-refractivity contribution < 1.29 is 27.9 Å². The molecule has 1 saturated heterocycles. The van der Waals surface area contributed by atoms with Crippen molar-refractivity contribution in [2.45, 2.75) is 16.9 Å². The van der Waals surface area contributed by atoms with Crippen LogP contribution in [0.1, 0.15) is 6.42 Å². The fourth-order valence-electron chi connectivity index (χ4n) is 2.25. The molecule has 8 nitrogen and oxygen atoms in total. The minimum atomic E-state index is -3.81. The van der Waals surface area contributed by atoms with Crippen molar-refractivity contribution >= 4 is 21.9 Å². The van der Waals surface area contributed by atoms with Gasteiger partial charge in [-0.15, -0.1) is 0 Å². The molecule has 9 heteroatoms. The van der Waals surface area contributed by atoms with Gasteiger partial charge in [-0.3, -0.25) is 4.79 Å². The number of hydrogen-bond acceptors (Lipinski definition) is 5. The number of benzene rings is 1. The first-order chi connectivity index (χ1) is 10.8. The van der Waals surface area contributed by atoms with E-state index in [2.05, 4.69) is 5.32 Å². The Balaban J connectivity index is 2.06. The lowest BCUT2D eigenvalue weighted by atomic mass is 9.99.